The average Bonchev–Trinajstić information content (AvgIpc) is 2.65. The standard InChI is InChI=1S/C19H20N2O6/c1-13-4-6-17(7-5-13)27-9-3-2-8-20-18(22)14-10-15(19(23)24)12-16(11-14)21(25)26/h4-7,10-12H,2-3,8-9H2,1H3,(H,20,22)(H,23,24). The van der Waals surface area contributed by atoms with Gasteiger partial charge in [0.1, 0.15) is 5.75 Å². The molecule has 142 valence electrons. The van der Waals surface area contributed by atoms with Crippen molar-refractivity contribution in [2.45, 2.75) is 19.8 Å². The number of nitrogens with zero attached hydrogens (tertiary/aromatic N) is 1. The number of nitro groups is 1. The Balaban J connectivity index is 1.80. The smallest absolute Gasteiger partial charge is 0.335 e. The molecule has 27 heavy (non-hydrogen) atoms. The van der Waals surface area contributed by atoms with Gasteiger partial charge in [0, 0.05) is 24.2 Å². The monoisotopic (exact) mass is 372 g/mol. The summed E-state index contributed by atoms with van der Waals surface area (Å²) >= 11 is 0. The van der Waals surface area contributed by atoms with Crippen molar-refractivity contribution in [2.24, 2.45) is 0 Å². The van der Waals surface area contributed by atoms with Crippen molar-refractivity contribution in [2.75, 3.05) is 13.2 Å². The van der Waals surface area contributed by atoms with Crippen LogP contribution >= 0.6 is 0 Å². The third kappa shape index (κ3) is 6.10. The Hall–Kier alpha value is -3.42. The highest BCUT2D eigenvalue weighted by molar-refractivity contribution is 5.98. The number of hydrogen-bond donors (Lipinski definition) is 2. The van der Waals surface area contributed by atoms with E-state index in [0.29, 0.717) is 26.0 Å². The second kappa shape index (κ2) is 9.33. The summed E-state index contributed by atoms with van der Waals surface area (Å²) in [6.07, 6.45) is 1.36. The zero-order chi connectivity index (χ0) is 19.8. The largest absolute Gasteiger partial charge is 0.494 e. The molecular formula is C19H20N2O6. The van der Waals surface area contributed by atoms with E-state index in [4.69, 9.17) is 9.84 Å². The molecule has 0 saturated heterocycles. The number of carbonyl (C=O) groups excluding carboxylic acids is 1. The molecule has 2 N–H and O–H groups in total. The minimum atomic E-state index is -1.33. The molecule has 0 atom stereocenters. The zero-order valence-electron chi connectivity index (χ0n) is 14.8. The van der Waals surface area contributed by atoms with Crippen LogP contribution in [0.1, 0.15) is 39.1 Å². The van der Waals surface area contributed by atoms with Crippen molar-refractivity contribution in [1.82, 2.24) is 5.32 Å². The second-order valence-corrected chi connectivity index (χ2v) is 5.96. The van der Waals surface area contributed by atoms with E-state index < -0.39 is 22.5 Å². The maximum atomic E-state index is 12.1. The number of rotatable bonds is 9. The Labute approximate surface area is 155 Å². The van der Waals surface area contributed by atoms with Gasteiger partial charge in [0.15, 0.2) is 0 Å². The van der Waals surface area contributed by atoms with E-state index in [-0.39, 0.29) is 11.1 Å². The van der Waals surface area contributed by atoms with E-state index in [0.717, 1.165) is 29.5 Å². The molecule has 0 spiro atoms. The quantitative estimate of drug-likeness (QED) is 0.396. The van der Waals surface area contributed by atoms with Gasteiger partial charge in [-0.3, -0.25) is 14.9 Å². The predicted octanol–water partition coefficient (Wildman–Crippen LogP) is 3.19. The fraction of sp³-hybridized carbons (Fsp3) is 0.263. The molecule has 2 rings (SSSR count). The van der Waals surface area contributed by atoms with Crippen molar-refractivity contribution in [1.29, 1.82) is 0 Å². The number of nitro benzene ring substituents is 1. The molecule has 0 bridgehead atoms. The maximum Gasteiger partial charge on any atom is 0.335 e. The molecule has 2 aromatic carbocycles. The van der Waals surface area contributed by atoms with Crippen LogP contribution in [-0.4, -0.2) is 35.1 Å². The van der Waals surface area contributed by atoms with Crippen molar-refractivity contribution < 1.29 is 24.4 Å². The molecule has 0 unspecified atom stereocenters. The lowest BCUT2D eigenvalue weighted by Gasteiger charge is -2.08. The van der Waals surface area contributed by atoms with Gasteiger partial charge in [-0.1, -0.05) is 17.7 Å². The van der Waals surface area contributed by atoms with Crippen LogP contribution in [0.2, 0.25) is 0 Å². The molecule has 0 aliphatic heterocycles. The number of hydrogen-bond acceptors (Lipinski definition) is 5. The number of aromatic carboxylic acids is 1. The zero-order valence-corrected chi connectivity index (χ0v) is 14.8. The second-order valence-electron chi connectivity index (χ2n) is 5.96. The van der Waals surface area contributed by atoms with E-state index in [2.05, 4.69) is 5.32 Å². The highest BCUT2D eigenvalue weighted by Crippen LogP contribution is 2.17. The molecular weight excluding hydrogens is 352 g/mol. The lowest BCUT2D eigenvalue weighted by Crippen LogP contribution is -2.25. The lowest BCUT2D eigenvalue weighted by atomic mass is 10.1. The fourth-order valence-corrected chi connectivity index (χ4v) is 2.33. The summed E-state index contributed by atoms with van der Waals surface area (Å²) in [5.74, 6) is -1.11. The SMILES string of the molecule is Cc1ccc(OCCCCNC(=O)c2cc(C(=O)O)cc([N+](=O)[O-])c2)cc1. The van der Waals surface area contributed by atoms with Crippen LogP contribution < -0.4 is 10.1 Å². The number of nitrogens with one attached hydrogen (secondary N) is 1. The summed E-state index contributed by atoms with van der Waals surface area (Å²) in [4.78, 5) is 33.3. The number of carboxylic acids is 1. The van der Waals surface area contributed by atoms with E-state index >= 15 is 0 Å². The summed E-state index contributed by atoms with van der Waals surface area (Å²) < 4.78 is 5.58. The first-order chi connectivity index (χ1) is 12.9. The van der Waals surface area contributed by atoms with Gasteiger partial charge in [-0.2, -0.15) is 0 Å². The molecule has 0 radical (unpaired) electrons. The number of non-ortho nitro benzene ring substituents is 1. The molecule has 2 aromatic rings. The Kier molecular flexibility index (Phi) is 6.87. The lowest BCUT2D eigenvalue weighted by molar-refractivity contribution is -0.384. The normalized spacial score (nSPS) is 10.3. The van der Waals surface area contributed by atoms with Gasteiger partial charge in [-0.05, 0) is 38.0 Å². The highest BCUT2D eigenvalue weighted by Gasteiger charge is 2.17. The fourth-order valence-electron chi connectivity index (χ4n) is 2.33. The minimum Gasteiger partial charge on any atom is -0.494 e. The number of ether oxygens (including phenoxy) is 1. The van der Waals surface area contributed by atoms with Crippen LogP contribution in [0.5, 0.6) is 5.75 Å². The minimum absolute atomic E-state index is 0.0579. The van der Waals surface area contributed by atoms with Crippen LogP contribution in [0, 0.1) is 17.0 Å². The third-order valence-corrected chi connectivity index (χ3v) is 3.78. The number of amides is 1. The molecule has 0 aliphatic carbocycles. The molecule has 1 amide bonds. The molecule has 0 fully saturated rings. The predicted molar refractivity (Wildman–Crippen MR) is 98.3 cm³/mol. The van der Waals surface area contributed by atoms with Crippen molar-refractivity contribution in [3.8, 4) is 5.75 Å². The van der Waals surface area contributed by atoms with Gasteiger partial charge >= 0.3 is 5.97 Å². The average molecular weight is 372 g/mol. The van der Waals surface area contributed by atoms with Gasteiger partial charge < -0.3 is 15.2 Å². The number of benzene rings is 2. The van der Waals surface area contributed by atoms with E-state index in [1.807, 2.05) is 31.2 Å². The van der Waals surface area contributed by atoms with Crippen LogP contribution in [0.4, 0.5) is 5.69 Å². The Bertz CT molecular complexity index is 800. The van der Waals surface area contributed by atoms with Crippen LogP contribution in [0.15, 0.2) is 42.5 Å². The number of unbranched alkanes of at least 4 members (excludes halogenated alkanes) is 1. The van der Waals surface area contributed by atoms with Gasteiger partial charge in [0.2, 0.25) is 0 Å². The molecule has 0 aliphatic rings. The van der Waals surface area contributed by atoms with Crippen molar-refractivity contribution in [3.05, 3.63) is 69.3 Å². The van der Waals surface area contributed by atoms with Crippen molar-refractivity contribution >= 4 is 17.6 Å². The molecule has 0 heterocycles. The van der Waals surface area contributed by atoms with Gasteiger partial charge in [-0.25, -0.2) is 4.79 Å². The van der Waals surface area contributed by atoms with Crippen LogP contribution in [-0.2, 0) is 0 Å². The molecule has 8 nitrogen and oxygen atoms in total. The summed E-state index contributed by atoms with van der Waals surface area (Å²) in [5.41, 5.74) is 0.349. The van der Waals surface area contributed by atoms with Crippen molar-refractivity contribution in [3.63, 3.8) is 0 Å². The Morgan fingerprint density at radius 1 is 1.11 bits per heavy atom. The number of carbonyl (C=O) groups is 2. The first-order valence-corrected chi connectivity index (χ1v) is 8.37. The third-order valence-electron chi connectivity index (χ3n) is 3.78. The van der Waals surface area contributed by atoms with Crippen LogP contribution in [0.3, 0.4) is 0 Å². The molecule has 8 heteroatoms. The van der Waals surface area contributed by atoms with Gasteiger partial charge in [-0.15, -0.1) is 0 Å². The summed E-state index contributed by atoms with van der Waals surface area (Å²) in [7, 11) is 0. The number of carboxylic acid groups (broad SMARTS) is 1. The summed E-state index contributed by atoms with van der Waals surface area (Å²) in [5, 5.41) is 22.5. The van der Waals surface area contributed by atoms with Gasteiger partial charge in [0.05, 0.1) is 17.1 Å². The van der Waals surface area contributed by atoms with E-state index in [9.17, 15) is 19.7 Å². The Morgan fingerprint density at radius 3 is 2.41 bits per heavy atom. The van der Waals surface area contributed by atoms with E-state index in [1.165, 1.54) is 0 Å². The van der Waals surface area contributed by atoms with Gasteiger partial charge in [0.25, 0.3) is 11.6 Å². The molecule has 0 aromatic heterocycles. The first kappa shape index (κ1) is 19.9. The number of aryl methyl sites for hydroxylation is 1. The first-order valence-electron chi connectivity index (χ1n) is 8.37. The topological polar surface area (TPSA) is 119 Å². The highest BCUT2D eigenvalue weighted by atomic mass is 16.6. The molecule has 0 saturated carbocycles. The Morgan fingerprint density at radius 2 is 1.78 bits per heavy atom. The maximum absolute atomic E-state index is 12.1. The summed E-state index contributed by atoms with van der Waals surface area (Å²) in [6.45, 7) is 2.84. The van der Waals surface area contributed by atoms with E-state index in [1.54, 1.807) is 0 Å². The van der Waals surface area contributed by atoms with Crippen LogP contribution in [0.25, 0.3) is 0 Å². The summed E-state index contributed by atoms with van der Waals surface area (Å²) in [6, 6.07) is 10.8.